The predicted octanol–water partition coefficient (Wildman–Crippen LogP) is 2.26. The van der Waals surface area contributed by atoms with Crippen LogP contribution in [-0.2, 0) is 0 Å². The van der Waals surface area contributed by atoms with E-state index < -0.39 is 0 Å². The van der Waals surface area contributed by atoms with Crippen molar-refractivity contribution in [2.24, 2.45) is 0 Å². The van der Waals surface area contributed by atoms with Crippen molar-refractivity contribution in [3.05, 3.63) is 95.4 Å². The van der Waals surface area contributed by atoms with Crippen LogP contribution in [0.2, 0.25) is 0 Å². The van der Waals surface area contributed by atoms with Gasteiger partial charge in [0.15, 0.2) is 0 Å². The number of anilines is 2. The van der Waals surface area contributed by atoms with Crippen LogP contribution in [0.15, 0.2) is 72.8 Å². The summed E-state index contributed by atoms with van der Waals surface area (Å²) in [6.45, 7) is 2.87. The molecule has 3 aromatic heterocycles. The number of aliphatic hydroxyl groups excluding tert-OH is 2. The first-order valence-corrected chi connectivity index (χ1v) is 16.5. The number of fused-ring (bicyclic) bond motifs is 3. The average Bonchev–Trinajstić information content (AvgIpc) is 3.87. The topological polar surface area (TPSA) is 228 Å². The van der Waals surface area contributed by atoms with Crippen molar-refractivity contribution < 1.29 is 29.4 Å². The minimum atomic E-state index is -0.369. The maximum atomic E-state index is 13.2. The molecule has 0 bridgehead atoms. The van der Waals surface area contributed by atoms with Crippen molar-refractivity contribution in [2.45, 2.75) is 0 Å². The Hall–Kier alpha value is -6.00. The molecule has 0 aliphatic rings. The van der Waals surface area contributed by atoms with Crippen molar-refractivity contribution >= 4 is 67.7 Å². The fourth-order valence-corrected chi connectivity index (χ4v) is 5.59. The molecule has 51 heavy (non-hydrogen) atoms. The number of nitrogens with one attached hydrogen (secondary N) is 9. The van der Waals surface area contributed by atoms with Crippen molar-refractivity contribution in [2.75, 3.05) is 63.1 Å². The van der Waals surface area contributed by atoms with E-state index in [2.05, 4.69) is 46.9 Å². The number of aromatic nitrogens is 3. The van der Waals surface area contributed by atoms with Gasteiger partial charge in [-0.1, -0.05) is 0 Å². The van der Waals surface area contributed by atoms with Gasteiger partial charge in [-0.25, -0.2) is 0 Å². The lowest BCUT2D eigenvalue weighted by molar-refractivity contribution is 0.0941. The molecule has 0 unspecified atom stereocenters. The van der Waals surface area contributed by atoms with Gasteiger partial charge in [0.05, 0.1) is 13.2 Å². The number of aliphatic hydroxyl groups is 2. The summed E-state index contributed by atoms with van der Waals surface area (Å²) in [6.07, 6.45) is 0. The lowest BCUT2D eigenvalue weighted by atomic mass is 10.1. The molecule has 6 aromatic rings. The highest BCUT2D eigenvalue weighted by Gasteiger charge is 2.15. The summed E-state index contributed by atoms with van der Waals surface area (Å²) in [4.78, 5) is 60.7. The van der Waals surface area contributed by atoms with Gasteiger partial charge in [-0.15, -0.1) is 0 Å². The number of hydrogen-bond acceptors (Lipinski definition) is 8. The fraction of sp³-hybridized carbons (Fsp3) is 0.222. The van der Waals surface area contributed by atoms with Crippen LogP contribution in [0, 0.1) is 0 Å². The first kappa shape index (κ1) is 34.8. The third-order valence-corrected chi connectivity index (χ3v) is 8.13. The van der Waals surface area contributed by atoms with Gasteiger partial charge < -0.3 is 57.1 Å². The maximum absolute atomic E-state index is 13.2. The molecule has 0 saturated heterocycles. The fourth-order valence-electron chi connectivity index (χ4n) is 5.59. The van der Waals surface area contributed by atoms with Crippen LogP contribution in [0.5, 0.6) is 0 Å². The molecule has 0 saturated carbocycles. The van der Waals surface area contributed by atoms with Crippen molar-refractivity contribution in [1.82, 2.24) is 36.2 Å². The lowest BCUT2D eigenvalue weighted by Gasteiger charge is -2.05. The lowest BCUT2D eigenvalue weighted by Crippen LogP contribution is -2.33. The van der Waals surface area contributed by atoms with Crippen LogP contribution in [0.25, 0.3) is 32.7 Å². The molecule has 0 aliphatic carbocycles. The van der Waals surface area contributed by atoms with Crippen LogP contribution in [0.3, 0.4) is 0 Å². The molecule has 11 N–H and O–H groups in total. The van der Waals surface area contributed by atoms with Gasteiger partial charge >= 0.3 is 0 Å². The quantitative estimate of drug-likeness (QED) is 0.0673. The summed E-state index contributed by atoms with van der Waals surface area (Å²) in [6, 6.07) is 20.8. The third kappa shape index (κ3) is 8.60. The smallest absolute Gasteiger partial charge is 0.272 e. The monoisotopic (exact) mass is 693 g/mol. The Morgan fingerprint density at radius 3 is 1.39 bits per heavy atom. The first-order chi connectivity index (χ1) is 24.8. The molecule has 4 amide bonds. The molecule has 15 heteroatoms. The number of benzene rings is 3. The van der Waals surface area contributed by atoms with Crippen LogP contribution in [-0.4, -0.2) is 101 Å². The highest BCUT2D eigenvalue weighted by atomic mass is 16.3. The van der Waals surface area contributed by atoms with E-state index in [1.807, 2.05) is 0 Å². The standard InChI is InChI=1S/C36H39N9O6/c46-13-11-37-7-9-39-34(49)30-19-23-16-25(2-5-28(23)43-30)41-33(48)21-1-4-27-22(15-21)18-32(45-27)36(51)42-26-3-6-29-24(17-26)20-31(44-29)35(50)40-10-8-38-12-14-47/h1-6,15-20,37-38,43-47H,7-14H2,(H,39,49)(H,40,50)(H,41,48)(H,42,51). The molecular formula is C36H39N9O6. The molecule has 0 atom stereocenters. The third-order valence-electron chi connectivity index (χ3n) is 8.13. The van der Waals surface area contributed by atoms with E-state index in [9.17, 15) is 19.2 Å². The van der Waals surface area contributed by atoms with Crippen LogP contribution < -0.4 is 31.9 Å². The highest BCUT2D eigenvalue weighted by Crippen LogP contribution is 2.24. The van der Waals surface area contributed by atoms with Crippen molar-refractivity contribution in [3.63, 3.8) is 0 Å². The van der Waals surface area contributed by atoms with Crippen LogP contribution >= 0.6 is 0 Å². The number of rotatable bonds is 16. The number of amides is 4. The van der Waals surface area contributed by atoms with Gasteiger partial charge in [0.1, 0.15) is 17.1 Å². The van der Waals surface area contributed by atoms with E-state index in [1.54, 1.807) is 72.8 Å². The highest BCUT2D eigenvalue weighted by molar-refractivity contribution is 6.10. The summed E-state index contributed by atoms with van der Waals surface area (Å²) >= 11 is 0. The zero-order valence-corrected chi connectivity index (χ0v) is 27.6. The Kier molecular flexibility index (Phi) is 11.0. The van der Waals surface area contributed by atoms with Gasteiger partial charge in [-0.2, -0.15) is 0 Å². The van der Waals surface area contributed by atoms with Gasteiger partial charge in [-0.3, -0.25) is 19.2 Å². The molecule has 6 rings (SSSR count). The maximum Gasteiger partial charge on any atom is 0.272 e. The van der Waals surface area contributed by atoms with E-state index in [0.717, 1.165) is 21.8 Å². The normalized spacial score (nSPS) is 11.3. The summed E-state index contributed by atoms with van der Waals surface area (Å²) in [7, 11) is 0. The van der Waals surface area contributed by atoms with E-state index in [-0.39, 0.29) is 36.8 Å². The summed E-state index contributed by atoms with van der Waals surface area (Å²) in [5, 5.41) is 37.2. The van der Waals surface area contributed by atoms with Crippen molar-refractivity contribution in [1.29, 1.82) is 0 Å². The minimum absolute atomic E-state index is 0.0307. The molecule has 0 fully saturated rings. The van der Waals surface area contributed by atoms with Gasteiger partial charge in [-0.05, 0) is 72.8 Å². The Morgan fingerprint density at radius 1 is 0.471 bits per heavy atom. The zero-order chi connectivity index (χ0) is 35.7. The van der Waals surface area contributed by atoms with E-state index in [4.69, 9.17) is 10.2 Å². The molecule has 0 aliphatic heterocycles. The molecule has 3 heterocycles. The Balaban J connectivity index is 1.06. The number of H-pyrrole nitrogens is 3. The van der Waals surface area contributed by atoms with Crippen molar-refractivity contribution in [3.8, 4) is 0 Å². The van der Waals surface area contributed by atoms with Gasteiger partial charge in [0.25, 0.3) is 23.6 Å². The van der Waals surface area contributed by atoms with E-state index in [0.29, 0.717) is 84.2 Å². The predicted molar refractivity (Wildman–Crippen MR) is 195 cm³/mol. The Morgan fingerprint density at radius 2 is 0.902 bits per heavy atom. The second-order valence-corrected chi connectivity index (χ2v) is 11.8. The van der Waals surface area contributed by atoms with Crippen LogP contribution in [0.1, 0.15) is 41.8 Å². The number of aromatic amines is 3. The zero-order valence-electron chi connectivity index (χ0n) is 27.6. The average molecular weight is 694 g/mol. The summed E-state index contributed by atoms with van der Waals surface area (Å²) in [5.41, 5.74) is 4.78. The summed E-state index contributed by atoms with van der Waals surface area (Å²) < 4.78 is 0. The SMILES string of the molecule is O=C(Nc1ccc2[nH]c(C(=O)NCCNCCO)cc2c1)c1ccc2[nH]c(C(=O)Nc3ccc4[nH]c(C(=O)NCCNCCO)cc4c3)cc2c1. The molecule has 264 valence electrons. The Bertz CT molecular complexity index is 2090. The molecule has 3 aromatic carbocycles. The minimum Gasteiger partial charge on any atom is -0.395 e. The van der Waals surface area contributed by atoms with Gasteiger partial charge in [0.2, 0.25) is 0 Å². The number of carbonyl (C=O) groups is 4. The number of carbonyl (C=O) groups excluding carboxylic acids is 4. The number of hydrogen-bond donors (Lipinski definition) is 11. The molecule has 15 nitrogen and oxygen atoms in total. The molecular weight excluding hydrogens is 654 g/mol. The Labute approximate surface area is 291 Å². The van der Waals surface area contributed by atoms with E-state index >= 15 is 0 Å². The van der Waals surface area contributed by atoms with E-state index in [1.165, 1.54) is 0 Å². The second-order valence-electron chi connectivity index (χ2n) is 11.8. The molecule has 0 spiro atoms. The molecule has 0 radical (unpaired) electrons. The van der Waals surface area contributed by atoms with Crippen LogP contribution in [0.4, 0.5) is 11.4 Å². The summed E-state index contributed by atoms with van der Waals surface area (Å²) in [5.74, 6) is -1.22. The second kappa shape index (κ2) is 16.1. The van der Waals surface area contributed by atoms with Gasteiger partial charge in [0, 0.05) is 88.9 Å². The largest absolute Gasteiger partial charge is 0.395 e. The first-order valence-electron chi connectivity index (χ1n) is 16.5.